The third-order valence-electron chi connectivity index (χ3n) is 3.91. The van der Waals surface area contributed by atoms with E-state index in [1.54, 1.807) is 0 Å². The molecule has 1 aromatic carbocycles. The molecule has 0 aliphatic carbocycles. The van der Waals surface area contributed by atoms with Crippen LogP contribution in [0.2, 0.25) is 5.02 Å². The summed E-state index contributed by atoms with van der Waals surface area (Å²) in [5.74, 6) is -0.476. The molecule has 2 unspecified atom stereocenters. The fourth-order valence-corrected chi connectivity index (χ4v) is 4.89. The van der Waals surface area contributed by atoms with Crippen molar-refractivity contribution in [2.75, 3.05) is 6.54 Å². The van der Waals surface area contributed by atoms with Crippen molar-refractivity contribution >= 4 is 21.6 Å². The highest BCUT2D eigenvalue weighted by Crippen LogP contribution is 2.31. The molecule has 4 nitrogen and oxygen atoms in total. The minimum absolute atomic E-state index is 0.0945. The number of rotatable bonds is 3. The van der Waals surface area contributed by atoms with E-state index in [1.807, 2.05) is 6.92 Å². The normalized spacial score (nSPS) is 24.2. The van der Waals surface area contributed by atoms with E-state index in [0.717, 1.165) is 18.9 Å². The minimum atomic E-state index is -3.96. The van der Waals surface area contributed by atoms with Gasteiger partial charge in [0.2, 0.25) is 10.0 Å². The predicted octanol–water partition coefficient (Wildman–Crippen LogP) is 2.78. The van der Waals surface area contributed by atoms with Crippen LogP contribution in [0.3, 0.4) is 0 Å². The third-order valence-corrected chi connectivity index (χ3v) is 6.14. The van der Waals surface area contributed by atoms with Crippen LogP contribution in [-0.2, 0) is 16.6 Å². The van der Waals surface area contributed by atoms with Crippen molar-refractivity contribution in [3.8, 4) is 0 Å². The smallest absolute Gasteiger partial charge is 0.246 e. The first-order valence-corrected chi connectivity index (χ1v) is 8.69. The van der Waals surface area contributed by atoms with Gasteiger partial charge in [0.25, 0.3) is 0 Å². The Labute approximate surface area is 129 Å². The summed E-state index contributed by atoms with van der Waals surface area (Å²) < 4.78 is 41.0. The highest BCUT2D eigenvalue weighted by Gasteiger charge is 2.35. The van der Waals surface area contributed by atoms with Gasteiger partial charge in [-0.2, -0.15) is 4.31 Å². The lowest BCUT2D eigenvalue weighted by atomic mass is 9.95. The topological polar surface area (TPSA) is 57.6 Å². The van der Waals surface area contributed by atoms with Gasteiger partial charge in [-0.3, -0.25) is 0 Å². The van der Waals surface area contributed by atoms with Gasteiger partial charge in [-0.15, -0.1) is 0 Å². The van der Waals surface area contributed by atoms with Crippen molar-refractivity contribution in [2.45, 2.75) is 44.2 Å². The average molecular weight is 336 g/mol. The molecular formula is C14H19ClFNO3S. The molecule has 0 aromatic heterocycles. The minimum Gasteiger partial charge on any atom is -0.392 e. The van der Waals surface area contributed by atoms with Crippen LogP contribution in [0, 0.1) is 11.7 Å². The van der Waals surface area contributed by atoms with Crippen molar-refractivity contribution < 1.29 is 17.9 Å². The van der Waals surface area contributed by atoms with Crippen LogP contribution in [0.15, 0.2) is 17.0 Å². The number of hydrogen-bond acceptors (Lipinski definition) is 3. The number of hydrogen-bond donors (Lipinski definition) is 1. The molecule has 0 saturated carbocycles. The molecule has 0 bridgehead atoms. The average Bonchev–Trinajstić information content (AvgIpc) is 2.40. The van der Waals surface area contributed by atoms with Crippen molar-refractivity contribution in [1.82, 2.24) is 4.31 Å². The van der Waals surface area contributed by atoms with E-state index >= 15 is 0 Å². The van der Waals surface area contributed by atoms with E-state index < -0.39 is 27.3 Å². The highest BCUT2D eigenvalue weighted by molar-refractivity contribution is 7.89. The van der Waals surface area contributed by atoms with Crippen LogP contribution < -0.4 is 0 Å². The zero-order valence-corrected chi connectivity index (χ0v) is 13.6. The number of piperidine rings is 1. The molecule has 2 atom stereocenters. The molecular weight excluding hydrogens is 317 g/mol. The summed E-state index contributed by atoms with van der Waals surface area (Å²) in [6.07, 6.45) is 1.49. The third kappa shape index (κ3) is 3.23. The Hall–Kier alpha value is -0.690. The zero-order valence-electron chi connectivity index (χ0n) is 12.0. The van der Waals surface area contributed by atoms with Crippen molar-refractivity contribution in [3.05, 3.63) is 28.5 Å². The Morgan fingerprint density at radius 2 is 2.10 bits per heavy atom. The molecule has 21 heavy (non-hydrogen) atoms. The van der Waals surface area contributed by atoms with Crippen LogP contribution in [0.1, 0.15) is 32.3 Å². The van der Waals surface area contributed by atoms with Gasteiger partial charge in [0.1, 0.15) is 10.7 Å². The Bertz CT molecular complexity index is 635. The Morgan fingerprint density at radius 1 is 1.43 bits per heavy atom. The highest BCUT2D eigenvalue weighted by atomic mass is 35.5. The second-order valence-corrected chi connectivity index (χ2v) is 7.92. The molecule has 1 aliphatic rings. The van der Waals surface area contributed by atoms with Gasteiger partial charge < -0.3 is 5.11 Å². The maximum atomic E-state index is 14.3. The molecule has 1 N–H and O–H groups in total. The fraction of sp³-hybridized carbons (Fsp3) is 0.571. The summed E-state index contributed by atoms with van der Waals surface area (Å²) in [4.78, 5) is -0.458. The van der Waals surface area contributed by atoms with Crippen LogP contribution in [0.25, 0.3) is 0 Å². The van der Waals surface area contributed by atoms with E-state index in [4.69, 9.17) is 16.7 Å². The first kappa shape index (κ1) is 16.7. The molecule has 1 fully saturated rings. The second-order valence-electron chi connectivity index (χ2n) is 5.63. The molecule has 7 heteroatoms. The van der Waals surface area contributed by atoms with Gasteiger partial charge in [-0.05, 0) is 37.8 Å². The van der Waals surface area contributed by atoms with E-state index in [2.05, 4.69) is 6.92 Å². The number of aliphatic hydroxyl groups excluding tert-OH is 1. The summed E-state index contributed by atoms with van der Waals surface area (Å²) in [6.45, 7) is 3.67. The van der Waals surface area contributed by atoms with Crippen molar-refractivity contribution in [2.24, 2.45) is 5.92 Å². The van der Waals surface area contributed by atoms with E-state index in [1.165, 1.54) is 10.4 Å². The summed E-state index contributed by atoms with van der Waals surface area (Å²) in [7, 11) is -3.96. The van der Waals surface area contributed by atoms with Crippen LogP contribution in [0.4, 0.5) is 4.39 Å². The fourth-order valence-electron chi connectivity index (χ4n) is 2.79. The monoisotopic (exact) mass is 335 g/mol. The SMILES string of the molecule is CC1CCN(S(=O)(=O)c2cc(Cl)cc(CO)c2F)C(C)C1. The van der Waals surface area contributed by atoms with Crippen LogP contribution in [-0.4, -0.2) is 30.4 Å². The van der Waals surface area contributed by atoms with Gasteiger partial charge in [-0.1, -0.05) is 18.5 Å². The Balaban J connectivity index is 2.47. The lowest BCUT2D eigenvalue weighted by Crippen LogP contribution is -2.44. The number of halogens is 2. The lowest BCUT2D eigenvalue weighted by molar-refractivity contribution is 0.219. The van der Waals surface area contributed by atoms with Gasteiger partial charge >= 0.3 is 0 Å². The summed E-state index contributed by atoms with van der Waals surface area (Å²) >= 11 is 5.84. The summed E-state index contributed by atoms with van der Waals surface area (Å²) in [5, 5.41) is 9.22. The maximum Gasteiger partial charge on any atom is 0.246 e. The van der Waals surface area contributed by atoms with Gasteiger partial charge in [0.15, 0.2) is 0 Å². The predicted molar refractivity (Wildman–Crippen MR) is 79.1 cm³/mol. The molecule has 1 heterocycles. The first-order chi connectivity index (χ1) is 9.77. The Kier molecular flexibility index (Phi) is 4.92. The van der Waals surface area contributed by atoms with Gasteiger partial charge in [0, 0.05) is 23.2 Å². The van der Waals surface area contributed by atoms with E-state index in [-0.39, 0.29) is 16.6 Å². The molecule has 1 aromatic rings. The second kappa shape index (κ2) is 6.20. The summed E-state index contributed by atoms with van der Waals surface area (Å²) in [6, 6.07) is 2.16. The molecule has 2 rings (SSSR count). The summed E-state index contributed by atoms with van der Waals surface area (Å²) in [5.41, 5.74) is -0.112. The first-order valence-electron chi connectivity index (χ1n) is 6.88. The number of benzene rings is 1. The molecule has 1 saturated heterocycles. The van der Waals surface area contributed by atoms with Crippen LogP contribution in [0.5, 0.6) is 0 Å². The van der Waals surface area contributed by atoms with E-state index in [0.29, 0.717) is 12.5 Å². The molecule has 0 amide bonds. The van der Waals surface area contributed by atoms with E-state index in [9.17, 15) is 12.8 Å². The zero-order chi connectivity index (χ0) is 15.8. The van der Waals surface area contributed by atoms with Crippen LogP contribution >= 0.6 is 11.6 Å². The largest absolute Gasteiger partial charge is 0.392 e. The van der Waals surface area contributed by atoms with Crippen molar-refractivity contribution in [1.29, 1.82) is 0 Å². The standard InChI is InChI=1S/C14H19ClFNO3S/c1-9-3-4-17(10(2)5-9)21(19,20)13-7-12(15)6-11(8-18)14(13)16/h6-7,9-10,18H,3-5,8H2,1-2H3. The van der Waals surface area contributed by atoms with Crippen molar-refractivity contribution in [3.63, 3.8) is 0 Å². The quantitative estimate of drug-likeness (QED) is 0.924. The molecule has 0 spiro atoms. The number of aliphatic hydroxyl groups is 1. The Morgan fingerprint density at radius 3 is 2.67 bits per heavy atom. The number of sulfonamides is 1. The number of nitrogens with zero attached hydrogens (tertiary/aromatic N) is 1. The maximum absolute atomic E-state index is 14.3. The van der Waals surface area contributed by atoms with Gasteiger partial charge in [-0.25, -0.2) is 12.8 Å². The van der Waals surface area contributed by atoms with Gasteiger partial charge in [0.05, 0.1) is 6.61 Å². The molecule has 0 radical (unpaired) electrons. The molecule has 1 aliphatic heterocycles. The lowest BCUT2D eigenvalue weighted by Gasteiger charge is -2.35. The molecule has 118 valence electrons.